The lowest BCUT2D eigenvalue weighted by atomic mass is 10.1. The topological polar surface area (TPSA) is 105 Å². The third kappa shape index (κ3) is 5.16. The average Bonchev–Trinajstić information content (AvgIpc) is 3.52. The number of aromatic nitrogens is 5. The molecular formula is C25H23F3N8O2. The van der Waals surface area contributed by atoms with E-state index in [-0.39, 0.29) is 11.4 Å². The normalized spacial score (nSPS) is 18.3. The number of hydrogen-bond acceptors (Lipinski definition) is 8. The quantitative estimate of drug-likeness (QED) is 0.407. The molecule has 13 heteroatoms. The van der Waals surface area contributed by atoms with E-state index in [1.807, 2.05) is 12.1 Å². The predicted molar refractivity (Wildman–Crippen MR) is 132 cm³/mol. The van der Waals surface area contributed by atoms with Crippen molar-refractivity contribution < 1.29 is 22.5 Å². The first kappa shape index (κ1) is 25.2. The van der Waals surface area contributed by atoms with E-state index in [2.05, 4.69) is 67.5 Å². The number of imidazole rings is 1. The number of carbonyl (C=O) groups excluding carboxylic acids is 1. The fourth-order valence-electron chi connectivity index (χ4n) is 4.13. The molecule has 4 aromatic rings. The summed E-state index contributed by atoms with van der Waals surface area (Å²) in [6.45, 7) is 6.06. The maximum atomic E-state index is 12.7. The SMILES string of the molecule is C[C@@H]1CN(c2ccc3ncc(C#Cc4cncc(C(=O)Nc5cc(C(F)(F)F)on5)c4)n3n2)C[C@H](C)N1C. The van der Waals surface area contributed by atoms with E-state index in [9.17, 15) is 18.0 Å². The van der Waals surface area contributed by atoms with Crippen LogP contribution in [0, 0.1) is 11.8 Å². The lowest BCUT2D eigenvalue weighted by Crippen LogP contribution is -2.55. The standard InChI is InChI=1S/C25H23F3N8O2/c1-15-13-35(14-16(2)34(15)3)23-7-6-22-30-12-19(36(22)32-23)5-4-17-8-18(11-29-10-17)24(37)31-21-9-20(38-33-21)25(26,27)28/h6-12,15-16H,13-14H2,1-3H3,(H,31,33,37)/t15-,16+. The fourth-order valence-corrected chi connectivity index (χ4v) is 4.13. The molecule has 1 aliphatic heterocycles. The molecular weight excluding hydrogens is 501 g/mol. The smallest absolute Gasteiger partial charge is 0.352 e. The molecule has 1 N–H and O–H groups in total. The molecule has 10 nitrogen and oxygen atoms in total. The van der Waals surface area contributed by atoms with Crippen LogP contribution in [0.3, 0.4) is 0 Å². The van der Waals surface area contributed by atoms with Crippen molar-refractivity contribution in [2.24, 2.45) is 0 Å². The van der Waals surface area contributed by atoms with Gasteiger partial charge in [0.15, 0.2) is 11.5 Å². The minimum atomic E-state index is -4.71. The van der Waals surface area contributed by atoms with Crippen molar-refractivity contribution in [1.29, 1.82) is 0 Å². The van der Waals surface area contributed by atoms with Gasteiger partial charge in [0.25, 0.3) is 5.91 Å². The third-order valence-electron chi connectivity index (χ3n) is 6.40. The van der Waals surface area contributed by atoms with E-state index in [0.717, 1.165) is 18.9 Å². The summed E-state index contributed by atoms with van der Waals surface area (Å²) in [6.07, 6.45) is -0.356. The number of likely N-dealkylation sites (N-methyl/N-ethyl adjacent to an activating group) is 1. The Labute approximate surface area is 215 Å². The van der Waals surface area contributed by atoms with Crippen LogP contribution in [0.5, 0.6) is 0 Å². The number of halogens is 3. The largest absolute Gasteiger partial charge is 0.452 e. The highest BCUT2D eigenvalue weighted by atomic mass is 19.4. The summed E-state index contributed by atoms with van der Waals surface area (Å²) < 4.78 is 44.0. The monoisotopic (exact) mass is 524 g/mol. The number of pyridine rings is 1. The number of hydrogen-bond donors (Lipinski definition) is 1. The molecule has 1 saturated heterocycles. The number of piperazine rings is 1. The van der Waals surface area contributed by atoms with Crippen LogP contribution in [0.2, 0.25) is 0 Å². The molecule has 0 unspecified atom stereocenters. The van der Waals surface area contributed by atoms with Crippen molar-refractivity contribution >= 4 is 23.2 Å². The van der Waals surface area contributed by atoms with Crippen LogP contribution in [0.4, 0.5) is 24.8 Å². The number of nitrogens with zero attached hydrogens (tertiary/aromatic N) is 7. The maximum absolute atomic E-state index is 12.7. The van der Waals surface area contributed by atoms with Crippen molar-refractivity contribution in [1.82, 2.24) is 29.6 Å². The second kappa shape index (κ2) is 9.79. The number of carbonyl (C=O) groups is 1. The van der Waals surface area contributed by atoms with Crippen molar-refractivity contribution in [3.8, 4) is 11.8 Å². The van der Waals surface area contributed by atoms with Gasteiger partial charge in [0, 0.05) is 49.2 Å². The molecule has 1 amide bonds. The molecule has 0 saturated carbocycles. The number of nitrogens with one attached hydrogen (secondary N) is 1. The first-order valence-electron chi connectivity index (χ1n) is 11.7. The summed E-state index contributed by atoms with van der Waals surface area (Å²) in [4.78, 5) is 25.5. The second-order valence-electron chi connectivity index (χ2n) is 9.11. The molecule has 0 radical (unpaired) electrons. The zero-order chi connectivity index (χ0) is 27.0. The number of rotatable bonds is 3. The highest BCUT2D eigenvalue weighted by Gasteiger charge is 2.36. The van der Waals surface area contributed by atoms with Crippen LogP contribution in [0.1, 0.15) is 41.2 Å². The molecule has 0 spiro atoms. The Morgan fingerprint density at radius 3 is 2.58 bits per heavy atom. The lowest BCUT2D eigenvalue weighted by Gasteiger charge is -2.42. The van der Waals surface area contributed by atoms with Crippen LogP contribution >= 0.6 is 0 Å². The van der Waals surface area contributed by atoms with Gasteiger partial charge in [0.1, 0.15) is 11.5 Å². The van der Waals surface area contributed by atoms with Gasteiger partial charge in [-0.15, -0.1) is 5.10 Å². The number of anilines is 2. The second-order valence-corrected chi connectivity index (χ2v) is 9.11. The van der Waals surface area contributed by atoms with Gasteiger partial charge >= 0.3 is 6.18 Å². The van der Waals surface area contributed by atoms with Gasteiger partial charge in [0.2, 0.25) is 5.76 Å². The predicted octanol–water partition coefficient (Wildman–Crippen LogP) is 3.31. The van der Waals surface area contributed by atoms with Gasteiger partial charge in [0.05, 0.1) is 11.8 Å². The molecule has 1 fully saturated rings. The summed E-state index contributed by atoms with van der Waals surface area (Å²) in [6, 6.07) is 6.67. The number of amides is 1. The Morgan fingerprint density at radius 1 is 1.11 bits per heavy atom. The van der Waals surface area contributed by atoms with E-state index < -0.39 is 17.8 Å². The molecule has 196 valence electrons. The Kier molecular flexibility index (Phi) is 6.50. The summed E-state index contributed by atoms with van der Waals surface area (Å²) in [7, 11) is 2.12. The fraction of sp³-hybridized carbons (Fsp3) is 0.320. The lowest BCUT2D eigenvalue weighted by molar-refractivity contribution is -0.155. The minimum absolute atomic E-state index is 0.0882. The zero-order valence-electron chi connectivity index (χ0n) is 20.7. The molecule has 1 aliphatic rings. The number of alkyl halides is 3. The van der Waals surface area contributed by atoms with Crippen molar-refractivity contribution in [2.75, 3.05) is 30.4 Å². The van der Waals surface area contributed by atoms with Crippen molar-refractivity contribution in [2.45, 2.75) is 32.1 Å². The summed E-state index contributed by atoms with van der Waals surface area (Å²) in [5.41, 5.74) is 1.70. The third-order valence-corrected chi connectivity index (χ3v) is 6.40. The molecule has 2 atom stereocenters. The number of fused-ring (bicyclic) bond motifs is 1. The minimum Gasteiger partial charge on any atom is -0.352 e. The van der Waals surface area contributed by atoms with E-state index in [4.69, 9.17) is 5.10 Å². The highest BCUT2D eigenvalue weighted by molar-refractivity contribution is 6.03. The van der Waals surface area contributed by atoms with Crippen molar-refractivity contribution in [3.63, 3.8) is 0 Å². The first-order chi connectivity index (χ1) is 18.1. The van der Waals surface area contributed by atoms with Crippen LogP contribution in [-0.4, -0.2) is 67.8 Å². The van der Waals surface area contributed by atoms with Gasteiger partial charge in [-0.1, -0.05) is 11.1 Å². The molecule has 38 heavy (non-hydrogen) atoms. The van der Waals surface area contributed by atoms with E-state index in [1.165, 1.54) is 18.5 Å². The summed E-state index contributed by atoms with van der Waals surface area (Å²) >= 11 is 0. The Balaban J connectivity index is 1.35. The van der Waals surface area contributed by atoms with Crippen LogP contribution in [0.15, 0.2) is 47.4 Å². The Morgan fingerprint density at radius 2 is 1.87 bits per heavy atom. The van der Waals surface area contributed by atoms with E-state index in [0.29, 0.717) is 35.1 Å². The summed E-state index contributed by atoms with van der Waals surface area (Å²) in [5, 5.41) is 10.2. The van der Waals surface area contributed by atoms with Crippen molar-refractivity contribution in [3.05, 3.63) is 65.4 Å². The van der Waals surface area contributed by atoms with E-state index >= 15 is 0 Å². The molecule has 5 heterocycles. The maximum Gasteiger partial charge on any atom is 0.452 e. The van der Waals surface area contributed by atoms with Gasteiger partial charge in [-0.25, -0.2) is 9.50 Å². The first-order valence-corrected chi connectivity index (χ1v) is 11.7. The van der Waals surface area contributed by atoms with Gasteiger partial charge in [-0.2, -0.15) is 13.2 Å². The zero-order valence-corrected chi connectivity index (χ0v) is 20.7. The Hall–Kier alpha value is -4.44. The van der Waals surface area contributed by atoms with Gasteiger partial charge in [-0.05, 0) is 45.0 Å². The van der Waals surface area contributed by atoms with Crippen LogP contribution in [0.25, 0.3) is 5.65 Å². The average molecular weight is 525 g/mol. The van der Waals surface area contributed by atoms with Crippen LogP contribution in [-0.2, 0) is 6.18 Å². The highest BCUT2D eigenvalue weighted by Crippen LogP contribution is 2.30. The summed E-state index contributed by atoms with van der Waals surface area (Å²) in [5.74, 6) is 4.40. The molecule has 0 aromatic carbocycles. The van der Waals surface area contributed by atoms with Gasteiger partial charge in [-0.3, -0.25) is 14.7 Å². The van der Waals surface area contributed by atoms with E-state index in [1.54, 1.807) is 10.7 Å². The molecule has 5 rings (SSSR count). The Bertz CT molecular complexity index is 1540. The van der Waals surface area contributed by atoms with Crippen LogP contribution < -0.4 is 10.2 Å². The van der Waals surface area contributed by atoms with Gasteiger partial charge < -0.3 is 14.7 Å². The molecule has 4 aromatic heterocycles. The molecule has 0 bridgehead atoms. The molecule has 0 aliphatic carbocycles.